The summed E-state index contributed by atoms with van der Waals surface area (Å²) in [5.74, 6) is -2.39. The molecule has 1 saturated heterocycles. The molecule has 2 atom stereocenters. The van der Waals surface area contributed by atoms with Crippen LogP contribution >= 0.6 is 0 Å². The molecule has 0 radical (unpaired) electrons. The van der Waals surface area contributed by atoms with E-state index >= 15 is 0 Å². The van der Waals surface area contributed by atoms with Crippen LogP contribution in [0.25, 0.3) is 10.9 Å². The summed E-state index contributed by atoms with van der Waals surface area (Å²) < 4.78 is 43.0. The number of alkyl halides is 3. The van der Waals surface area contributed by atoms with Crippen molar-refractivity contribution in [1.29, 1.82) is 0 Å². The van der Waals surface area contributed by atoms with Crippen molar-refractivity contribution in [3.05, 3.63) is 30.0 Å². The number of piperidine rings is 1. The first-order chi connectivity index (χ1) is 13.5. The van der Waals surface area contributed by atoms with E-state index in [0.717, 1.165) is 22.9 Å². The largest absolute Gasteiger partial charge is 0.449 e. The minimum atomic E-state index is -4.68. The standard InChI is InChI=1S/C20H24F3N3O3/c1-12(2)26-10-15-6-5-14(8-16(15)24-26)17-7-4-13(3)9-25(17)18(27)19(28)29-11-20(21,22)23/h5-6,8,10,12-13,17H,4,7,9,11H2,1-3H3/t13-,17+/m0/s1. The lowest BCUT2D eigenvalue weighted by molar-refractivity contribution is -0.190. The Morgan fingerprint density at radius 2 is 2.00 bits per heavy atom. The average Bonchev–Trinajstić information content (AvgIpc) is 3.08. The van der Waals surface area contributed by atoms with E-state index in [-0.39, 0.29) is 18.5 Å². The maximum Gasteiger partial charge on any atom is 0.422 e. The zero-order valence-corrected chi connectivity index (χ0v) is 16.6. The summed E-state index contributed by atoms with van der Waals surface area (Å²) in [4.78, 5) is 25.8. The van der Waals surface area contributed by atoms with Gasteiger partial charge in [0, 0.05) is 24.2 Å². The first-order valence-corrected chi connectivity index (χ1v) is 9.58. The maximum absolute atomic E-state index is 12.6. The molecule has 1 fully saturated rings. The van der Waals surface area contributed by atoms with Crippen LogP contribution in [0.5, 0.6) is 0 Å². The summed E-state index contributed by atoms with van der Waals surface area (Å²) in [6.45, 7) is 4.48. The van der Waals surface area contributed by atoms with Crippen LogP contribution in [0.15, 0.2) is 24.4 Å². The fourth-order valence-electron chi connectivity index (χ4n) is 3.57. The van der Waals surface area contributed by atoms with E-state index in [1.165, 1.54) is 4.90 Å². The lowest BCUT2D eigenvalue weighted by Crippen LogP contribution is -2.45. The molecule has 1 aliphatic rings. The molecule has 9 heteroatoms. The summed E-state index contributed by atoms with van der Waals surface area (Å²) in [5, 5.41) is 5.49. The van der Waals surface area contributed by atoms with Gasteiger partial charge in [0.05, 0.1) is 11.6 Å². The Morgan fingerprint density at radius 1 is 1.28 bits per heavy atom. The number of carbonyl (C=O) groups excluding carboxylic acids is 2. The molecular formula is C20H24F3N3O3. The Hall–Kier alpha value is -2.58. The number of ether oxygens (including phenoxy) is 1. The number of hydrogen-bond acceptors (Lipinski definition) is 4. The normalized spacial score (nSPS) is 20.3. The maximum atomic E-state index is 12.6. The quantitative estimate of drug-likeness (QED) is 0.565. The highest BCUT2D eigenvalue weighted by molar-refractivity contribution is 6.32. The van der Waals surface area contributed by atoms with Gasteiger partial charge in [0.15, 0.2) is 6.61 Å². The fraction of sp³-hybridized carbons (Fsp3) is 0.550. The molecule has 3 rings (SSSR count). The number of fused-ring (bicyclic) bond motifs is 1. The van der Waals surface area contributed by atoms with Gasteiger partial charge in [0.1, 0.15) is 0 Å². The molecule has 6 nitrogen and oxygen atoms in total. The summed E-state index contributed by atoms with van der Waals surface area (Å²) in [6, 6.07) is 5.43. The van der Waals surface area contributed by atoms with E-state index in [9.17, 15) is 22.8 Å². The number of benzene rings is 1. The molecule has 0 unspecified atom stereocenters. The van der Waals surface area contributed by atoms with E-state index in [4.69, 9.17) is 0 Å². The molecule has 0 N–H and O–H groups in total. The van der Waals surface area contributed by atoms with Crippen LogP contribution in [0.2, 0.25) is 0 Å². The first-order valence-electron chi connectivity index (χ1n) is 9.58. The van der Waals surface area contributed by atoms with Crippen molar-refractivity contribution >= 4 is 22.8 Å². The van der Waals surface area contributed by atoms with Crippen LogP contribution in [-0.4, -0.2) is 45.9 Å². The summed E-state index contributed by atoms with van der Waals surface area (Å²) >= 11 is 0. The van der Waals surface area contributed by atoms with E-state index in [2.05, 4.69) is 9.84 Å². The second-order valence-corrected chi connectivity index (χ2v) is 7.87. The second-order valence-electron chi connectivity index (χ2n) is 7.87. The molecule has 1 aliphatic heterocycles. The molecule has 2 aromatic rings. The van der Waals surface area contributed by atoms with Gasteiger partial charge < -0.3 is 9.64 Å². The molecular weight excluding hydrogens is 387 g/mol. The van der Waals surface area contributed by atoms with Gasteiger partial charge in [-0.1, -0.05) is 19.1 Å². The van der Waals surface area contributed by atoms with Crippen LogP contribution in [0.1, 0.15) is 51.3 Å². The Labute approximate surface area is 166 Å². The molecule has 1 amide bonds. The number of likely N-dealkylation sites (tertiary alicyclic amines) is 1. The highest BCUT2D eigenvalue weighted by Crippen LogP contribution is 2.35. The zero-order valence-electron chi connectivity index (χ0n) is 16.6. The Balaban J connectivity index is 1.85. The minimum Gasteiger partial charge on any atom is -0.449 e. The van der Waals surface area contributed by atoms with Crippen LogP contribution in [0.3, 0.4) is 0 Å². The van der Waals surface area contributed by atoms with Gasteiger partial charge in [-0.05, 0) is 44.2 Å². The number of hydrogen-bond donors (Lipinski definition) is 0. The van der Waals surface area contributed by atoms with Gasteiger partial charge in [-0.15, -0.1) is 0 Å². The fourth-order valence-corrected chi connectivity index (χ4v) is 3.57. The van der Waals surface area contributed by atoms with Crippen LogP contribution in [0.4, 0.5) is 13.2 Å². The van der Waals surface area contributed by atoms with Crippen molar-refractivity contribution in [2.75, 3.05) is 13.2 Å². The molecule has 1 aromatic heterocycles. The van der Waals surface area contributed by atoms with E-state index in [1.54, 1.807) is 0 Å². The van der Waals surface area contributed by atoms with Crippen molar-refractivity contribution in [3.63, 3.8) is 0 Å². The van der Waals surface area contributed by atoms with Crippen molar-refractivity contribution in [2.24, 2.45) is 5.92 Å². The number of carbonyl (C=O) groups is 2. The third-order valence-corrected chi connectivity index (χ3v) is 5.08. The van der Waals surface area contributed by atoms with Gasteiger partial charge >= 0.3 is 18.1 Å². The number of rotatable bonds is 3. The van der Waals surface area contributed by atoms with Crippen molar-refractivity contribution in [1.82, 2.24) is 14.7 Å². The molecule has 0 aliphatic carbocycles. The zero-order chi connectivity index (χ0) is 21.3. The van der Waals surface area contributed by atoms with Crippen molar-refractivity contribution < 1.29 is 27.5 Å². The van der Waals surface area contributed by atoms with Gasteiger partial charge in [-0.25, -0.2) is 4.79 Å². The summed E-state index contributed by atoms with van der Waals surface area (Å²) in [5.41, 5.74) is 1.57. The predicted molar refractivity (Wildman–Crippen MR) is 100.0 cm³/mol. The van der Waals surface area contributed by atoms with Gasteiger partial charge in [0.25, 0.3) is 0 Å². The monoisotopic (exact) mass is 411 g/mol. The number of aromatic nitrogens is 2. The average molecular weight is 411 g/mol. The first kappa shape index (κ1) is 21.1. The molecule has 0 saturated carbocycles. The topological polar surface area (TPSA) is 64.4 Å². The lowest BCUT2D eigenvalue weighted by atomic mass is 9.89. The molecule has 29 heavy (non-hydrogen) atoms. The molecule has 0 bridgehead atoms. The summed E-state index contributed by atoms with van der Waals surface area (Å²) in [7, 11) is 0. The predicted octanol–water partition coefficient (Wildman–Crippen LogP) is 4.02. The number of halogens is 3. The highest BCUT2D eigenvalue weighted by atomic mass is 19.4. The Bertz CT molecular complexity index is 907. The van der Waals surface area contributed by atoms with Crippen molar-refractivity contribution in [3.8, 4) is 0 Å². The Morgan fingerprint density at radius 3 is 2.66 bits per heavy atom. The number of amides is 1. The van der Waals surface area contributed by atoms with Gasteiger partial charge in [-0.3, -0.25) is 9.48 Å². The van der Waals surface area contributed by atoms with Crippen molar-refractivity contribution in [2.45, 2.75) is 51.9 Å². The smallest absolute Gasteiger partial charge is 0.422 e. The molecule has 158 valence electrons. The highest BCUT2D eigenvalue weighted by Gasteiger charge is 2.37. The van der Waals surface area contributed by atoms with Crippen LogP contribution in [-0.2, 0) is 14.3 Å². The number of nitrogens with zero attached hydrogens (tertiary/aromatic N) is 3. The van der Waals surface area contributed by atoms with Crippen LogP contribution < -0.4 is 0 Å². The molecule has 0 spiro atoms. The third-order valence-electron chi connectivity index (χ3n) is 5.08. The van der Waals surface area contributed by atoms with Gasteiger partial charge in [-0.2, -0.15) is 18.3 Å². The van der Waals surface area contributed by atoms with E-state index in [1.807, 2.05) is 49.8 Å². The van der Waals surface area contributed by atoms with Crippen LogP contribution in [0, 0.1) is 5.92 Å². The molecule has 2 heterocycles. The second kappa shape index (κ2) is 8.04. The molecule has 1 aromatic carbocycles. The Kier molecular flexibility index (Phi) is 5.86. The van der Waals surface area contributed by atoms with E-state index in [0.29, 0.717) is 6.42 Å². The van der Waals surface area contributed by atoms with E-state index < -0.39 is 30.7 Å². The number of esters is 1. The minimum absolute atomic E-state index is 0.134. The van der Waals surface area contributed by atoms with Gasteiger partial charge in [0.2, 0.25) is 0 Å². The third kappa shape index (κ3) is 4.89. The summed E-state index contributed by atoms with van der Waals surface area (Å²) in [6.07, 6.45) is -1.30. The SMILES string of the molecule is CC(C)n1cc2ccc([C@H]3CC[C@H](C)CN3C(=O)C(=O)OCC(F)(F)F)cc2n1. The lowest BCUT2D eigenvalue weighted by Gasteiger charge is -2.38.